The molecule has 2 unspecified atom stereocenters. The molecule has 0 fully saturated rings. The molecule has 0 aromatic rings. The first kappa shape index (κ1) is 21.9. The predicted molar refractivity (Wildman–Crippen MR) is 97.2 cm³/mol. The molecule has 0 spiro atoms. The van der Waals surface area contributed by atoms with Crippen molar-refractivity contribution < 1.29 is 10.2 Å². The summed E-state index contributed by atoms with van der Waals surface area (Å²) in [6.07, 6.45) is 17.8. The van der Waals surface area contributed by atoms with Crippen LogP contribution in [0, 0.1) is 0 Å². The molecule has 0 heterocycles. The van der Waals surface area contributed by atoms with Crippen molar-refractivity contribution in [3.05, 3.63) is 0 Å². The Morgan fingerprint density at radius 3 is 1.41 bits per heavy atom. The quantitative estimate of drug-likeness (QED) is 0.343. The van der Waals surface area contributed by atoms with Crippen molar-refractivity contribution in [3.8, 4) is 0 Å². The first-order chi connectivity index (χ1) is 10.6. The van der Waals surface area contributed by atoms with Crippen LogP contribution in [0.1, 0.15) is 117 Å². The topological polar surface area (TPSA) is 40.5 Å². The first-order valence-electron chi connectivity index (χ1n) is 9.97. The number of rotatable bonds is 16. The van der Waals surface area contributed by atoms with Gasteiger partial charge in [0.1, 0.15) is 0 Å². The van der Waals surface area contributed by atoms with Crippen molar-refractivity contribution in [1.29, 1.82) is 0 Å². The van der Waals surface area contributed by atoms with Crippen LogP contribution in [0.3, 0.4) is 0 Å². The van der Waals surface area contributed by atoms with Crippen molar-refractivity contribution in [2.24, 2.45) is 0 Å². The predicted octanol–water partition coefficient (Wildman–Crippen LogP) is 5.99. The lowest BCUT2D eigenvalue weighted by Gasteiger charge is -2.31. The molecule has 22 heavy (non-hydrogen) atoms. The molecule has 0 aliphatic rings. The van der Waals surface area contributed by atoms with E-state index in [0.717, 1.165) is 19.3 Å². The maximum atomic E-state index is 10.4. The van der Waals surface area contributed by atoms with Crippen LogP contribution in [0.2, 0.25) is 0 Å². The zero-order chi connectivity index (χ0) is 16.7. The van der Waals surface area contributed by atoms with Gasteiger partial charge in [-0.15, -0.1) is 0 Å². The minimum absolute atomic E-state index is 0.611. The molecule has 2 N–H and O–H groups in total. The molecule has 0 amide bonds. The van der Waals surface area contributed by atoms with Gasteiger partial charge in [0.25, 0.3) is 0 Å². The molecule has 0 rings (SSSR count). The van der Waals surface area contributed by atoms with Crippen molar-refractivity contribution in [2.45, 2.75) is 129 Å². The van der Waals surface area contributed by atoms with Crippen molar-refractivity contribution in [2.75, 3.05) is 0 Å². The number of aliphatic hydroxyl groups excluding tert-OH is 1. The Bertz CT molecular complexity index is 228. The zero-order valence-electron chi connectivity index (χ0n) is 15.6. The summed E-state index contributed by atoms with van der Waals surface area (Å²) in [4.78, 5) is 0. The third-order valence-electron chi connectivity index (χ3n) is 4.92. The standard InChI is InChI=1S/C20H42O2/c1-4-6-7-8-9-10-11-12-13-14-15-16-18-20(22,17-5-2)19(3)21/h19,21-22H,4-18H2,1-3H3. The number of hydrogen-bond donors (Lipinski definition) is 2. The molecule has 0 saturated heterocycles. The average molecular weight is 315 g/mol. The highest BCUT2D eigenvalue weighted by atomic mass is 16.3. The Balaban J connectivity index is 3.39. The van der Waals surface area contributed by atoms with Crippen molar-refractivity contribution >= 4 is 0 Å². The van der Waals surface area contributed by atoms with E-state index in [2.05, 4.69) is 13.8 Å². The maximum absolute atomic E-state index is 10.4. The van der Waals surface area contributed by atoms with Crippen LogP contribution >= 0.6 is 0 Å². The second-order valence-electron chi connectivity index (χ2n) is 7.17. The summed E-state index contributed by atoms with van der Waals surface area (Å²) in [6.45, 7) is 6.05. The summed E-state index contributed by atoms with van der Waals surface area (Å²) in [5, 5.41) is 20.1. The Morgan fingerprint density at radius 1 is 0.636 bits per heavy atom. The second-order valence-corrected chi connectivity index (χ2v) is 7.17. The van der Waals surface area contributed by atoms with Gasteiger partial charge in [0, 0.05) is 0 Å². The molecule has 0 bridgehead atoms. The molecule has 0 radical (unpaired) electrons. The highest BCUT2D eigenvalue weighted by molar-refractivity contribution is 4.83. The summed E-state index contributed by atoms with van der Waals surface area (Å²) >= 11 is 0. The van der Waals surface area contributed by atoms with Gasteiger partial charge >= 0.3 is 0 Å². The van der Waals surface area contributed by atoms with Gasteiger partial charge in [0.05, 0.1) is 11.7 Å². The van der Waals surface area contributed by atoms with Crippen LogP contribution in [0.5, 0.6) is 0 Å². The lowest BCUT2D eigenvalue weighted by atomic mass is 9.86. The molecule has 2 atom stereocenters. The molecular weight excluding hydrogens is 272 g/mol. The Morgan fingerprint density at radius 2 is 1.05 bits per heavy atom. The monoisotopic (exact) mass is 314 g/mol. The molecule has 0 aliphatic heterocycles. The highest BCUT2D eigenvalue weighted by Crippen LogP contribution is 2.25. The van der Waals surface area contributed by atoms with Crippen molar-refractivity contribution in [3.63, 3.8) is 0 Å². The third-order valence-corrected chi connectivity index (χ3v) is 4.92. The van der Waals surface area contributed by atoms with Gasteiger partial charge in [-0.3, -0.25) is 0 Å². The van der Waals surface area contributed by atoms with Gasteiger partial charge in [-0.05, 0) is 19.8 Å². The van der Waals surface area contributed by atoms with E-state index in [0.29, 0.717) is 6.42 Å². The normalized spacial score (nSPS) is 15.7. The van der Waals surface area contributed by atoms with E-state index in [-0.39, 0.29) is 0 Å². The summed E-state index contributed by atoms with van der Waals surface area (Å²) in [7, 11) is 0. The van der Waals surface area contributed by atoms with E-state index in [4.69, 9.17) is 0 Å². The lowest BCUT2D eigenvalue weighted by Crippen LogP contribution is -2.40. The smallest absolute Gasteiger partial charge is 0.0902 e. The molecular formula is C20H42O2. The van der Waals surface area contributed by atoms with Gasteiger partial charge in [0.15, 0.2) is 0 Å². The average Bonchev–Trinajstić information content (AvgIpc) is 2.48. The fourth-order valence-electron chi connectivity index (χ4n) is 3.25. The molecule has 0 aromatic heterocycles. The Kier molecular flexibility index (Phi) is 14.5. The van der Waals surface area contributed by atoms with E-state index in [9.17, 15) is 10.2 Å². The van der Waals surface area contributed by atoms with Crippen LogP contribution in [-0.2, 0) is 0 Å². The van der Waals surface area contributed by atoms with Crippen LogP contribution < -0.4 is 0 Å². The van der Waals surface area contributed by atoms with Crippen LogP contribution in [-0.4, -0.2) is 21.9 Å². The van der Waals surface area contributed by atoms with E-state index in [1.807, 2.05) is 0 Å². The van der Waals surface area contributed by atoms with Crippen LogP contribution in [0.15, 0.2) is 0 Å². The van der Waals surface area contributed by atoms with Gasteiger partial charge in [-0.25, -0.2) is 0 Å². The van der Waals surface area contributed by atoms with Gasteiger partial charge in [-0.2, -0.15) is 0 Å². The highest BCUT2D eigenvalue weighted by Gasteiger charge is 2.30. The minimum Gasteiger partial charge on any atom is -0.390 e. The SMILES string of the molecule is CCCCCCCCCCCCCCC(O)(CCC)C(C)O. The van der Waals surface area contributed by atoms with Gasteiger partial charge in [0.2, 0.25) is 0 Å². The zero-order valence-corrected chi connectivity index (χ0v) is 15.6. The van der Waals surface area contributed by atoms with Gasteiger partial charge < -0.3 is 10.2 Å². The summed E-state index contributed by atoms with van der Waals surface area (Å²) in [6, 6.07) is 0. The van der Waals surface area contributed by atoms with Crippen molar-refractivity contribution in [1.82, 2.24) is 0 Å². The van der Waals surface area contributed by atoms with E-state index in [1.165, 1.54) is 70.6 Å². The second kappa shape index (κ2) is 14.5. The number of hydrogen-bond acceptors (Lipinski definition) is 2. The molecule has 0 saturated carbocycles. The molecule has 134 valence electrons. The Hall–Kier alpha value is -0.0800. The minimum atomic E-state index is -0.854. The summed E-state index contributed by atoms with van der Waals surface area (Å²) < 4.78 is 0. The number of aliphatic hydroxyl groups is 2. The molecule has 2 heteroatoms. The van der Waals surface area contributed by atoms with Crippen LogP contribution in [0.25, 0.3) is 0 Å². The molecule has 0 aromatic carbocycles. The van der Waals surface area contributed by atoms with Crippen LogP contribution in [0.4, 0.5) is 0 Å². The largest absolute Gasteiger partial charge is 0.390 e. The fraction of sp³-hybridized carbons (Fsp3) is 1.00. The first-order valence-corrected chi connectivity index (χ1v) is 9.97. The number of unbranched alkanes of at least 4 members (excludes halogenated alkanes) is 11. The summed E-state index contributed by atoms with van der Waals surface area (Å²) in [5.74, 6) is 0. The van der Waals surface area contributed by atoms with E-state index in [1.54, 1.807) is 6.92 Å². The lowest BCUT2D eigenvalue weighted by molar-refractivity contribution is -0.0788. The van der Waals surface area contributed by atoms with E-state index >= 15 is 0 Å². The van der Waals surface area contributed by atoms with Gasteiger partial charge in [-0.1, -0.05) is 97.3 Å². The molecule has 0 aliphatic carbocycles. The maximum Gasteiger partial charge on any atom is 0.0902 e. The fourth-order valence-corrected chi connectivity index (χ4v) is 3.25. The summed E-state index contributed by atoms with van der Waals surface area (Å²) in [5.41, 5.74) is -0.854. The van der Waals surface area contributed by atoms with E-state index < -0.39 is 11.7 Å². The molecule has 2 nitrogen and oxygen atoms in total. The third kappa shape index (κ3) is 11.5. The Labute approximate surface area is 139 Å².